The molecule has 0 spiro atoms. The summed E-state index contributed by atoms with van der Waals surface area (Å²) in [7, 11) is 5.83. The Labute approximate surface area is 136 Å². The monoisotopic (exact) mass is 312 g/mol. The Balaban J connectivity index is 2.00. The van der Waals surface area contributed by atoms with Crippen LogP contribution in [0, 0.1) is 0 Å². The molecular formula is C19H22NO3+. The van der Waals surface area contributed by atoms with Crippen molar-refractivity contribution in [1.82, 2.24) is 0 Å². The first kappa shape index (κ1) is 16.8. The minimum Gasteiger partial charge on any atom is -0.504 e. The van der Waals surface area contributed by atoms with Crippen molar-refractivity contribution < 1.29 is 19.1 Å². The number of ketones is 1. The molecule has 0 bridgehead atoms. The SMILES string of the molecule is C[N+](C)(C)C=C(O)COc1ccc(C(=O)c2ccccc2)cc1. The number of nitrogens with zero attached hydrogens (tertiary/aromatic N) is 1. The number of quaternary nitrogens is 1. The third-order valence-corrected chi connectivity index (χ3v) is 3.08. The highest BCUT2D eigenvalue weighted by Gasteiger charge is 2.09. The maximum atomic E-state index is 12.3. The van der Waals surface area contributed by atoms with E-state index in [1.165, 1.54) is 0 Å². The van der Waals surface area contributed by atoms with Gasteiger partial charge in [0.25, 0.3) is 0 Å². The van der Waals surface area contributed by atoms with E-state index in [1.807, 2.05) is 39.3 Å². The van der Waals surface area contributed by atoms with Crippen molar-refractivity contribution in [2.24, 2.45) is 0 Å². The molecule has 0 aliphatic rings. The third-order valence-electron chi connectivity index (χ3n) is 3.08. The van der Waals surface area contributed by atoms with Crippen LogP contribution in [-0.4, -0.2) is 43.1 Å². The normalized spacial score (nSPS) is 12.0. The Hall–Kier alpha value is -2.59. The number of aliphatic hydroxyl groups is 1. The summed E-state index contributed by atoms with van der Waals surface area (Å²) < 4.78 is 6.03. The van der Waals surface area contributed by atoms with E-state index < -0.39 is 0 Å². The van der Waals surface area contributed by atoms with Crippen molar-refractivity contribution in [1.29, 1.82) is 0 Å². The Morgan fingerprint density at radius 3 is 2.13 bits per heavy atom. The van der Waals surface area contributed by atoms with Crippen molar-refractivity contribution in [2.75, 3.05) is 27.7 Å². The minimum atomic E-state index is -0.0232. The van der Waals surface area contributed by atoms with Gasteiger partial charge in [-0.2, -0.15) is 0 Å². The first-order valence-corrected chi connectivity index (χ1v) is 7.39. The topological polar surface area (TPSA) is 46.5 Å². The fraction of sp³-hybridized carbons (Fsp3) is 0.211. The molecule has 4 nitrogen and oxygen atoms in total. The molecule has 0 unspecified atom stereocenters. The number of rotatable bonds is 6. The van der Waals surface area contributed by atoms with Crippen molar-refractivity contribution in [3.8, 4) is 5.75 Å². The van der Waals surface area contributed by atoms with Gasteiger partial charge in [0, 0.05) is 11.1 Å². The second-order valence-corrected chi connectivity index (χ2v) is 6.24. The quantitative estimate of drug-likeness (QED) is 0.505. The smallest absolute Gasteiger partial charge is 0.193 e. The van der Waals surface area contributed by atoms with Gasteiger partial charge in [-0.3, -0.25) is 4.79 Å². The largest absolute Gasteiger partial charge is 0.504 e. The molecule has 120 valence electrons. The number of aliphatic hydroxyl groups excluding tert-OH is 1. The molecule has 0 heterocycles. The van der Waals surface area contributed by atoms with Gasteiger partial charge in [0.2, 0.25) is 0 Å². The second kappa shape index (κ2) is 7.11. The van der Waals surface area contributed by atoms with Crippen LogP contribution in [0.3, 0.4) is 0 Å². The van der Waals surface area contributed by atoms with Crippen molar-refractivity contribution >= 4 is 5.78 Å². The molecule has 0 saturated carbocycles. The molecule has 0 amide bonds. The molecule has 0 atom stereocenters. The molecule has 2 aromatic carbocycles. The molecule has 0 saturated heterocycles. The third kappa shape index (κ3) is 5.27. The summed E-state index contributed by atoms with van der Waals surface area (Å²) in [5.41, 5.74) is 1.26. The Bertz CT molecular complexity index is 683. The number of carbonyl (C=O) groups excluding carboxylic acids is 1. The average Bonchev–Trinajstić information content (AvgIpc) is 2.52. The fourth-order valence-electron chi connectivity index (χ4n) is 2.10. The Kier molecular flexibility index (Phi) is 5.19. The zero-order valence-electron chi connectivity index (χ0n) is 13.7. The summed E-state index contributed by atoms with van der Waals surface area (Å²) in [5, 5.41) is 9.80. The molecule has 23 heavy (non-hydrogen) atoms. The molecule has 0 aliphatic carbocycles. The molecule has 0 aromatic heterocycles. The van der Waals surface area contributed by atoms with E-state index >= 15 is 0 Å². The molecule has 4 heteroatoms. The molecule has 2 aromatic rings. The summed E-state index contributed by atoms with van der Waals surface area (Å²) in [5.74, 6) is 0.753. The van der Waals surface area contributed by atoms with Crippen LogP contribution in [0.2, 0.25) is 0 Å². The van der Waals surface area contributed by atoms with Gasteiger partial charge in [-0.25, -0.2) is 0 Å². The highest BCUT2D eigenvalue weighted by molar-refractivity contribution is 6.08. The van der Waals surface area contributed by atoms with Gasteiger partial charge in [-0.05, 0) is 24.3 Å². The van der Waals surface area contributed by atoms with E-state index in [9.17, 15) is 9.90 Å². The van der Waals surface area contributed by atoms with Gasteiger partial charge in [-0.15, -0.1) is 0 Å². The first-order valence-electron chi connectivity index (χ1n) is 7.39. The first-order chi connectivity index (χ1) is 10.8. The summed E-state index contributed by atoms with van der Waals surface area (Å²) in [4.78, 5) is 12.3. The van der Waals surface area contributed by atoms with Crippen LogP contribution in [0.4, 0.5) is 0 Å². The Morgan fingerprint density at radius 1 is 1.00 bits per heavy atom. The van der Waals surface area contributed by atoms with Gasteiger partial charge in [0.15, 0.2) is 18.1 Å². The van der Waals surface area contributed by atoms with Crippen molar-refractivity contribution in [3.05, 3.63) is 77.7 Å². The van der Waals surface area contributed by atoms with E-state index in [1.54, 1.807) is 42.6 Å². The standard InChI is InChI=1S/C19H21NO3/c1-20(2,3)13-17(21)14-23-18-11-9-16(10-12-18)19(22)15-7-5-4-6-8-15/h4-13H,14H2,1-3H3/p+1. The van der Waals surface area contributed by atoms with Gasteiger partial charge in [-0.1, -0.05) is 30.3 Å². The second-order valence-electron chi connectivity index (χ2n) is 6.24. The molecule has 0 aliphatic heterocycles. The number of hydrogen-bond donors (Lipinski definition) is 1. The maximum Gasteiger partial charge on any atom is 0.193 e. The highest BCUT2D eigenvalue weighted by Crippen LogP contribution is 2.16. The summed E-state index contributed by atoms with van der Waals surface area (Å²) in [6, 6.07) is 16.1. The average molecular weight is 312 g/mol. The zero-order chi connectivity index (χ0) is 16.9. The lowest BCUT2D eigenvalue weighted by Crippen LogP contribution is -2.28. The van der Waals surface area contributed by atoms with Crippen molar-refractivity contribution in [2.45, 2.75) is 0 Å². The fourth-order valence-corrected chi connectivity index (χ4v) is 2.10. The maximum absolute atomic E-state index is 12.3. The van der Waals surface area contributed by atoms with E-state index in [2.05, 4.69) is 0 Å². The number of benzene rings is 2. The van der Waals surface area contributed by atoms with Crippen LogP contribution in [0.5, 0.6) is 5.75 Å². The van der Waals surface area contributed by atoms with Gasteiger partial charge in [0.1, 0.15) is 11.9 Å². The van der Waals surface area contributed by atoms with Crippen LogP contribution in [0.1, 0.15) is 15.9 Å². The zero-order valence-corrected chi connectivity index (χ0v) is 13.7. The predicted octanol–water partition coefficient (Wildman–Crippen LogP) is 3.40. The van der Waals surface area contributed by atoms with Crippen molar-refractivity contribution in [3.63, 3.8) is 0 Å². The molecule has 0 radical (unpaired) electrons. The molecule has 0 fully saturated rings. The highest BCUT2D eigenvalue weighted by atomic mass is 16.5. The van der Waals surface area contributed by atoms with E-state index in [0.29, 0.717) is 21.4 Å². The van der Waals surface area contributed by atoms with Crippen LogP contribution >= 0.6 is 0 Å². The number of hydrogen-bond acceptors (Lipinski definition) is 3. The lowest BCUT2D eigenvalue weighted by atomic mass is 10.0. The summed E-state index contributed by atoms with van der Waals surface area (Å²) in [6.07, 6.45) is 1.70. The van der Waals surface area contributed by atoms with E-state index in [4.69, 9.17) is 4.74 Å². The molecular weight excluding hydrogens is 290 g/mol. The summed E-state index contributed by atoms with van der Waals surface area (Å²) >= 11 is 0. The van der Waals surface area contributed by atoms with Crippen LogP contribution in [0.15, 0.2) is 66.6 Å². The van der Waals surface area contributed by atoms with Gasteiger partial charge in [0.05, 0.1) is 21.1 Å². The summed E-state index contributed by atoms with van der Waals surface area (Å²) in [6.45, 7) is 0.0987. The lowest BCUT2D eigenvalue weighted by Gasteiger charge is -2.18. The van der Waals surface area contributed by atoms with Crippen LogP contribution in [-0.2, 0) is 0 Å². The molecule has 1 N–H and O–H groups in total. The molecule has 2 rings (SSSR count). The minimum absolute atomic E-state index is 0.0232. The Morgan fingerprint density at radius 2 is 1.57 bits per heavy atom. The number of ether oxygens (including phenoxy) is 1. The lowest BCUT2D eigenvalue weighted by molar-refractivity contribution is -0.818. The van der Waals surface area contributed by atoms with E-state index in [-0.39, 0.29) is 18.1 Å². The van der Waals surface area contributed by atoms with Crippen LogP contribution in [0.25, 0.3) is 0 Å². The predicted molar refractivity (Wildman–Crippen MR) is 90.6 cm³/mol. The van der Waals surface area contributed by atoms with Gasteiger partial charge < -0.3 is 14.3 Å². The van der Waals surface area contributed by atoms with E-state index in [0.717, 1.165) is 0 Å². The van der Waals surface area contributed by atoms with Gasteiger partial charge >= 0.3 is 0 Å². The number of carbonyl (C=O) groups is 1. The van der Waals surface area contributed by atoms with Crippen LogP contribution < -0.4 is 4.74 Å².